The van der Waals surface area contributed by atoms with Crippen LogP contribution >= 0.6 is 0 Å². The van der Waals surface area contributed by atoms with E-state index in [1.807, 2.05) is 18.3 Å². The number of hydrogen-bond donors (Lipinski definition) is 2. The fraction of sp³-hybridized carbons (Fsp3) is 0.217. The van der Waals surface area contributed by atoms with Gasteiger partial charge in [-0.05, 0) is 55.7 Å². The molecule has 0 aliphatic heterocycles. The van der Waals surface area contributed by atoms with Gasteiger partial charge in [0.05, 0.1) is 0 Å². The zero-order chi connectivity index (χ0) is 19.3. The van der Waals surface area contributed by atoms with E-state index in [-0.39, 0.29) is 0 Å². The second-order valence-electron chi connectivity index (χ2n) is 6.86. The highest BCUT2D eigenvalue weighted by atomic mass is 15.2. The van der Waals surface area contributed by atoms with Crippen molar-refractivity contribution < 1.29 is 0 Å². The van der Waals surface area contributed by atoms with E-state index in [0.29, 0.717) is 5.95 Å². The average Bonchev–Trinajstić information content (AvgIpc) is 3.12. The third kappa shape index (κ3) is 3.83. The predicted molar refractivity (Wildman–Crippen MR) is 116 cm³/mol. The summed E-state index contributed by atoms with van der Waals surface area (Å²) >= 11 is 0. The fourth-order valence-electron chi connectivity index (χ4n) is 3.50. The summed E-state index contributed by atoms with van der Waals surface area (Å²) in [6, 6.07) is 18.8. The van der Waals surface area contributed by atoms with E-state index in [9.17, 15) is 0 Å². The largest absolute Gasteiger partial charge is 0.361 e. The fourth-order valence-corrected chi connectivity index (χ4v) is 3.50. The van der Waals surface area contributed by atoms with Gasteiger partial charge in [0.2, 0.25) is 5.95 Å². The van der Waals surface area contributed by atoms with Gasteiger partial charge in [0.1, 0.15) is 5.82 Å². The van der Waals surface area contributed by atoms with E-state index in [2.05, 4.69) is 82.7 Å². The molecule has 5 heteroatoms. The number of aromatic amines is 1. The van der Waals surface area contributed by atoms with Gasteiger partial charge in [0.15, 0.2) is 0 Å². The number of anilines is 3. The van der Waals surface area contributed by atoms with Gasteiger partial charge in [-0.1, -0.05) is 30.3 Å². The van der Waals surface area contributed by atoms with Crippen LogP contribution in [0.2, 0.25) is 0 Å². The molecule has 2 heterocycles. The number of aryl methyl sites for hydroxylation is 1. The van der Waals surface area contributed by atoms with Gasteiger partial charge in [-0.2, -0.15) is 4.98 Å². The van der Waals surface area contributed by atoms with Crippen LogP contribution in [0.15, 0.2) is 67.0 Å². The molecule has 0 atom stereocenters. The number of rotatable bonds is 7. The number of fused-ring (bicyclic) bond motifs is 1. The van der Waals surface area contributed by atoms with Gasteiger partial charge in [-0.15, -0.1) is 0 Å². The van der Waals surface area contributed by atoms with Crippen molar-refractivity contribution in [1.29, 1.82) is 0 Å². The maximum atomic E-state index is 4.73. The molecule has 28 heavy (non-hydrogen) atoms. The molecule has 0 amide bonds. The minimum Gasteiger partial charge on any atom is -0.361 e. The smallest absolute Gasteiger partial charge is 0.224 e. The Bertz CT molecular complexity index is 1070. The molecular weight excluding hydrogens is 346 g/mol. The van der Waals surface area contributed by atoms with Crippen LogP contribution in [-0.4, -0.2) is 28.0 Å². The molecule has 2 aromatic carbocycles. The minimum atomic E-state index is 0.656. The Hall–Kier alpha value is -3.34. The Morgan fingerprint density at radius 2 is 1.96 bits per heavy atom. The first-order valence-corrected chi connectivity index (χ1v) is 9.70. The van der Waals surface area contributed by atoms with Gasteiger partial charge in [-0.25, -0.2) is 4.98 Å². The van der Waals surface area contributed by atoms with E-state index >= 15 is 0 Å². The van der Waals surface area contributed by atoms with Crippen LogP contribution in [0.5, 0.6) is 0 Å². The van der Waals surface area contributed by atoms with Gasteiger partial charge < -0.3 is 15.2 Å². The third-order valence-electron chi connectivity index (χ3n) is 4.90. The van der Waals surface area contributed by atoms with Crippen LogP contribution in [0, 0.1) is 6.92 Å². The van der Waals surface area contributed by atoms with Crippen molar-refractivity contribution in [3.05, 3.63) is 78.1 Å². The lowest BCUT2D eigenvalue weighted by atomic mass is 10.1. The number of nitrogens with zero attached hydrogens (tertiary/aromatic N) is 3. The Kier molecular flexibility index (Phi) is 5.24. The van der Waals surface area contributed by atoms with Gasteiger partial charge in [0.25, 0.3) is 0 Å². The molecule has 0 aliphatic carbocycles. The number of hydrogen-bond acceptors (Lipinski definition) is 4. The van der Waals surface area contributed by atoms with E-state index in [4.69, 9.17) is 4.98 Å². The number of H-pyrrole nitrogens is 1. The first kappa shape index (κ1) is 18.0. The molecule has 2 aromatic heterocycles. The Balaban J connectivity index is 1.46. The first-order valence-electron chi connectivity index (χ1n) is 9.70. The summed E-state index contributed by atoms with van der Waals surface area (Å²) in [7, 11) is 0. The summed E-state index contributed by atoms with van der Waals surface area (Å²) in [6.45, 7) is 5.86. The second-order valence-corrected chi connectivity index (χ2v) is 6.86. The van der Waals surface area contributed by atoms with E-state index in [1.165, 1.54) is 22.0 Å². The van der Waals surface area contributed by atoms with Crippen molar-refractivity contribution >= 4 is 28.4 Å². The molecule has 5 nitrogen and oxygen atoms in total. The summed E-state index contributed by atoms with van der Waals surface area (Å²) in [6.07, 6.45) is 4.81. The number of nitrogens with one attached hydrogen (secondary N) is 2. The Labute approximate surface area is 165 Å². The van der Waals surface area contributed by atoms with Crippen LogP contribution in [0.1, 0.15) is 18.1 Å². The van der Waals surface area contributed by atoms with Crippen LogP contribution in [-0.2, 0) is 6.42 Å². The zero-order valence-electron chi connectivity index (χ0n) is 16.3. The number of aromatic nitrogens is 3. The molecule has 0 spiro atoms. The standard InChI is InChI=1S/C23H25N5/c1-3-28(19-8-6-7-17(2)15-19)22-12-14-25-23(27-22)24-13-11-18-16-26-21-10-5-4-9-20(18)21/h4-10,12,14-16,26H,3,11,13H2,1-2H3,(H,24,25,27). The molecule has 0 saturated heterocycles. The summed E-state index contributed by atoms with van der Waals surface area (Å²) < 4.78 is 0. The van der Waals surface area contributed by atoms with Crippen LogP contribution < -0.4 is 10.2 Å². The van der Waals surface area contributed by atoms with Gasteiger partial charge in [-0.3, -0.25) is 0 Å². The molecule has 4 aromatic rings. The van der Waals surface area contributed by atoms with Gasteiger partial charge in [0, 0.05) is 42.1 Å². The monoisotopic (exact) mass is 371 g/mol. The van der Waals surface area contributed by atoms with Crippen LogP contribution in [0.4, 0.5) is 17.5 Å². The molecule has 0 saturated carbocycles. The number of benzene rings is 2. The Morgan fingerprint density at radius 3 is 2.82 bits per heavy atom. The van der Waals surface area contributed by atoms with Crippen molar-refractivity contribution in [3.63, 3.8) is 0 Å². The molecule has 0 bridgehead atoms. The first-order chi connectivity index (χ1) is 13.7. The third-order valence-corrected chi connectivity index (χ3v) is 4.90. The van der Waals surface area contributed by atoms with Crippen LogP contribution in [0.25, 0.3) is 10.9 Å². The van der Waals surface area contributed by atoms with Crippen molar-refractivity contribution in [1.82, 2.24) is 15.0 Å². The molecular formula is C23H25N5. The van der Waals surface area contributed by atoms with E-state index in [1.54, 1.807) is 0 Å². The summed E-state index contributed by atoms with van der Waals surface area (Å²) in [5, 5.41) is 4.64. The lowest BCUT2D eigenvalue weighted by molar-refractivity contribution is 0.953. The minimum absolute atomic E-state index is 0.656. The van der Waals surface area contributed by atoms with Crippen LogP contribution in [0.3, 0.4) is 0 Å². The maximum absolute atomic E-state index is 4.73. The molecule has 2 N–H and O–H groups in total. The molecule has 0 radical (unpaired) electrons. The summed E-state index contributed by atoms with van der Waals surface area (Å²) in [4.78, 5) is 14.6. The molecule has 0 unspecified atom stereocenters. The molecule has 0 aliphatic rings. The number of para-hydroxylation sites is 1. The summed E-state index contributed by atoms with van der Waals surface area (Å²) in [5.41, 5.74) is 4.86. The van der Waals surface area contributed by atoms with Crippen molar-refractivity contribution in [2.24, 2.45) is 0 Å². The average molecular weight is 371 g/mol. The molecule has 0 fully saturated rings. The van der Waals surface area contributed by atoms with Crippen molar-refractivity contribution in [2.75, 3.05) is 23.3 Å². The van der Waals surface area contributed by atoms with Crippen molar-refractivity contribution in [2.45, 2.75) is 20.3 Å². The van der Waals surface area contributed by atoms with Crippen molar-refractivity contribution in [3.8, 4) is 0 Å². The second kappa shape index (κ2) is 8.13. The van der Waals surface area contributed by atoms with E-state index in [0.717, 1.165) is 31.0 Å². The highest BCUT2D eigenvalue weighted by Crippen LogP contribution is 2.24. The normalized spacial score (nSPS) is 10.9. The quantitative estimate of drug-likeness (QED) is 0.476. The highest BCUT2D eigenvalue weighted by molar-refractivity contribution is 5.83. The topological polar surface area (TPSA) is 56.8 Å². The van der Waals surface area contributed by atoms with Gasteiger partial charge >= 0.3 is 0 Å². The lowest BCUT2D eigenvalue weighted by Crippen LogP contribution is -2.18. The van der Waals surface area contributed by atoms with E-state index < -0.39 is 0 Å². The SMILES string of the molecule is CCN(c1cccc(C)c1)c1ccnc(NCCc2c[nH]c3ccccc23)n1. The zero-order valence-corrected chi connectivity index (χ0v) is 16.3. The maximum Gasteiger partial charge on any atom is 0.224 e. The molecule has 4 rings (SSSR count). The highest BCUT2D eigenvalue weighted by Gasteiger charge is 2.10. The summed E-state index contributed by atoms with van der Waals surface area (Å²) in [5.74, 6) is 1.56. The Morgan fingerprint density at radius 1 is 1.07 bits per heavy atom. The predicted octanol–water partition coefficient (Wildman–Crippen LogP) is 5.08. The lowest BCUT2D eigenvalue weighted by Gasteiger charge is -2.22. The molecule has 142 valence electrons.